The van der Waals surface area contributed by atoms with E-state index in [9.17, 15) is 14.7 Å². The maximum absolute atomic E-state index is 13.8. The number of aryl methyl sites for hydroxylation is 1. The van der Waals surface area contributed by atoms with E-state index < -0.39 is 11.6 Å². The van der Waals surface area contributed by atoms with Crippen LogP contribution in [-0.4, -0.2) is 53.2 Å². The molecule has 1 aromatic heterocycles. The molecule has 3 rings (SSSR count). The number of methoxy groups -OCH3 is 2. The predicted molar refractivity (Wildman–Crippen MR) is 147 cm³/mol. The first-order chi connectivity index (χ1) is 18.1. The Labute approximate surface area is 228 Å². The Kier molecular flexibility index (Phi) is 9.88. The highest BCUT2D eigenvalue weighted by Crippen LogP contribution is 2.31. The predicted octanol–water partition coefficient (Wildman–Crippen LogP) is 5.19. The molecular formula is C29H36N2O6S. The van der Waals surface area contributed by atoms with Crippen LogP contribution in [0.5, 0.6) is 11.5 Å². The van der Waals surface area contributed by atoms with Crippen LogP contribution in [0.25, 0.3) is 0 Å². The first-order valence-electron chi connectivity index (χ1n) is 12.4. The van der Waals surface area contributed by atoms with Crippen LogP contribution in [0.15, 0.2) is 42.5 Å². The minimum atomic E-state index is -0.698. The fourth-order valence-electron chi connectivity index (χ4n) is 3.99. The van der Waals surface area contributed by atoms with Gasteiger partial charge in [-0.05, 0) is 58.2 Å². The van der Waals surface area contributed by atoms with Crippen molar-refractivity contribution in [1.29, 1.82) is 0 Å². The van der Waals surface area contributed by atoms with E-state index in [1.54, 1.807) is 52.0 Å². The average molecular weight is 541 g/mol. The van der Waals surface area contributed by atoms with Crippen molar-refractivity contribution in [3.8, 4) is 11.5 Å². The third-order valence-corrected chi connectivity index (χ3v) is 6.85. The van der Waals surface area contributed by atoms with E-state index in [1.807, 2.05) is 25.1 Å². The molecule has 0 aliphatic heterocycles. The van der Waals surface area contributed by atoms with Crippen molar-refractivity contribution in [2.45, 2.75) is 59.3 Å². The number of rotatable bonds is 11. The number of hydrogen-bond donors (Lipinski definition) is 1. The van der Waals surface area contributed by atoms with Crippen molar-refractivity contribution in [2.75, 3.05) is 20.8 Å². The molecule has 2 aromatic carbocycles. The molecule has 0 spiro atoms. The van der Waals surface area contributed by atoms with Gasteiger partial charge in [-0.15, -0.1) is 11.3 Å². The zero-order valence-corrected chi connectivity index (χ0v) is 23.7. The Bertz CT molecular complexity index is 1220. The smallest absolute Gasteiger partial charge is 0.358 e. The Morgan fingerprint density at radius 2 is 1.68 bits per heavy atom. The van der Waals surface area contributed by atoms with Crippen LogP contribution in [0.2, 0.25) is 0 Å². The summed E-state index contributed by atoms with van der Waals surface area (Å²) in [4.78, 5) is 33.0. The Morgan fingerprint density at radius 3 is 2.24 bits per heavy atom. The summed E-state index contributed by atoms with van der Waals surface area (Å²) >= 11 is 1.20. The number of benzene rings is 2. The summed E-state index contributed by atoms with van der Waals surface area (Å²) in [6.45, 7) is 7.47. The lowest BCUT2D eigenvalue weighted by Gasteiger charge is -2.23. The first-order valence-corrected chi connectivity index (χ1v) is 13.3. The van der Waals surface area contributed by atoms with Crippen LogP contribution in [0.4, 0.5) is 0 Å². The molecule has 8 nitrogen and oxygen atoms in total. The number of carbonyl (C=O) groups excluding carboxylic acids is 2. The van der Waals surface area contributed by atoms with Gasteiger partial charge in [-0.25, -0.2) is 9.78 Å². The second kappa shape index (κ2) is 12.9. The summed E-state index contributed by atoms with van der Waals surface area (Å²) in [6, 6.07) is 13.5. The third-order valence-electron chi connectivity index (χ3n) is 5.83. The van der Waals surface area contributed by atoms with Crippen LogP contribution < -0.4 is 9.47 Å². The number of nitrogens with zero attached hydrogens (tertiary/aromatic N) is 2. The van der Waals surface area contributed by atoms with Crippen molar-refractivity contribution in [1.82, 2.24) is 9.88 Å². The van der Waals surface area contributed by atoms with E-state index in [0.717, 1.165) is 18.4 Å². The number of aliphatic hydroxyl groups is 1. The van der Waals surface area contributed by atoms with Crippen LogP contribution >= 0.6 is 11.3 Å². The molecule has 0 aliphatic carbocycles. The maximum Gasteiger partial charge on any atom is 0.358 e. The molecule has 0 bridgehead atoms. The number of aliphatic hydroxyl groups excluding tert-OH is 1. The second-order valence-electron chi connectivity index (χ2n) is 9.86. The number of hydrogen-bond acceptors (Lipinski definition) is 8. The number of esters is 1. The standard InChI is InChI=1S/C29H36N2O6S/c1-19-22(35-5)15-21(16-23(19)36-6)27(33)31(14-10-13-20-11-8-7-9-12-20)17-25-30-26(24(18-32)38-25)28(34)37-29(2,3)4/h7-9,11-12,15-16,32H,10,13-14,17-18H2,1-6H3. The lowest BCUT2D eigenvalue weighted by Crippen LogP contribution is -2.32. The maximum atomic E-state index is 13.8. The van der Waals surface area contributed by atoms with Crippen molar-refractivity contribution >= 4 is 23.2 Å². The van der Waals surface area contributed by atoms with E-state index in [2.05, 4.69) is 17.1 Å². The van der Waals surface area contributed by atoms with Gasteiger partial charge in [0.05, 0.1) is 32.2 Å². The Balaban J connectivity index is 1.90. The van der Waals surface area contributed by atoms with Crippen molar-refractivity contribution in [3.63, 3.8) is 0 Å². The molecule has 38 heavy (non-hydrogen) atoms. The molecule has 0 fully saturated rings. The number of amides is 1. The van der Waals surface area contributed by atoms with Gasteiger partial charge in [0.1, 0.15) is 22.1 Å². The number of thiazole rings is 1. The van der Waals surface area contributed by atoms with Crippen molar-refractivity contribution in [3.05, 3.63) is 74.7 Å². The largest absolute Gasteiger partial charge is 0.496 e. The average Bonchev–Trinajstić information content (AvgIpc) is 3.30. The minimum absolute atomic E-state index is 0.0813. The zero-order chi connectivity index (χ0) is 27.9. The van der Waals surface area contributed by atoms with Gasteiger partial charge < -0.3 is 24.2 Å². The molecular weight excluding hydrogens is 504 g/mol. The van der Waals surface area contributed by atoms with Gasteiger partial charge in [-0.2, -0.15) is 0 Å². The molecule has 1 N–H and O–H groups in total. The highest BCUT2D eigenvalue weighted by atomic mass is 32.1. The summed E-state index contributed by atoms with van der Waals surface area (Å²) in [5.74, 6) is 0.301. The Morgan fingerprint density at radius 1 is 1.05 bits per heavy atom. The van der Waals surface area contributed by atoms with Gasteiger partial charge in [-0.3, -0.25) is 4.79 Å². The summed E-state index contributed by atoms with van der Waals surface area (Å²) in [5.41, 5.74) is 1.80. The molecule has 0 radical (unpaired) electrons. The van der Waals surface area contributed by atoms with Gasteiger partial charge in [0.2, 0.25) is 0 Å². The van der Waals surface area contributed by atoms with Gasteiger partial charge in [0.25, 0.3) is 5.91 Å². The molecule has 0 atom stereocenters. The summed E-state index contributed by atoms with van der Waals surface area (Å²) in [5, 5.41) is 10.4. The SMILES string of the molecule is COc1cc(C(=O)N(CCCc2ccccc2)Cc2nc(C(=O)OC(C)(C)C)c(CO)s2)cc(OC)c1C. The van der Waals surface area contributed by atoms with Crippen LogP contribution in [0.1, 0.15) is 69.1 Å². The van der Waals surface area contributed by atoms with Crippen LogP contribution in [0, 0.1) is 6.92 Å². The Hall–Kier alpha value is -3.43. The summed E-state index contributed by atoms with van der Waals surface area (Å²) < 4.78 is 16.4. The topological polar surface area (TPSA) is 98.2 Å². The molecule has 0 saturated carbocycles. The summed E-state index contributed by atoms with van der Waals surface area (Å²) in [7, 11) is 3.11. The minimum Gasteiger partial charge on any atom is -0.496 e. The quantitative estimate of drug-likeness (QED) is 0.334. The van der Waals surface area contributed by atoms with Crippen molar-refractivity contribution in [2.24, 2.45) is 0 Å². The van der Waals surface area contributed by atoms with Gasteiger partial charge in [0, 0.05) is 17.7 Å². The summed E-state index contributed by atoms with van der Waals surface area (Å²) in [6.07, 6.45) is 1.53. The number of ether oxygens (including phenoxy) is 3. The molecule has 1 amide bonds. The number of carbonyl (C=O) groups is 2. The zero-order valence-electron chi connectivity index (χ0n) is 22.9. The molecule has 0 saturated heterocycles. The fraction of sp³-hybridized carbons (Fsp3) is 0.414. The van der Waals surface area contributed by atoms with E-state index >= 15 is 0 Å². The van der Waals surface area contributed by atoms with Gasteiger partial charge in [0.15, 0.2) is 5.69 Å². The van der Waals surface area contributed by atoms with E-state index in [1.165, 1.54) is 16.9 Å². The molecule has 0 unspecified atom stereocenters. The third kappa shape index (κ3) is 7.55. The van der Waals surface area contributed by atoms with Gasteiger partial charge >= 0.3 is 5.97 Å². The molecule has 204 valence electrons. The van der Waals surface area contributed by atoms with Gasteiger partial charge in [-0.1, -0.05) is 30.3 Å². The molecule has 1 heterocycles. The highest BCUT2D eigenvalue weighted by Gasteiger charge is 2.26. The second-order valence-corrected chi connectivity index (χ2v) is 11.0. The molecule has 0 aliphatic rings. The fourth-order valence-corrected chi connectivity index (χ4v) is 4.92. The van der Waals surface area contributed by atoms with E-state index in [0.29, 0.717) is 33.5 Å². The lowest BCUT2D eigenvalue weighted by atomic mass is 10.1. The van der Waals surface area contributed by atoms with E-state index in [-0.39, 0.29) is 24.8 Å². The van der Waals surface area contributed by atoms with E-state index in [4.69, 9.17) is 14.2 Å². The highest BCUT2D eigenvalue weighted by molar-refractivity contribution is 7.11. The lowest BCUT2D eigenvalue weighted by molar-refractivity contribution is 0.00605. The number of aromatic nitrogens is 1. The van der Waals surface area contributed by atoms with Crippen LogP contribution in [-0.2, 0) is 24.3 Å². The first kappa shape index (κ1) is 29.1. The molecule has 3 aromatic rings. The van der Waals surface area contributed by atoms with Crippen molar-refractivity contribution < 1.29 is 28.9 Å². The normalized spacial score (nSPS) is 11.2. The van der Waals surface area contributed by atoms with Crippen LogP contribution in [0.3, 0.4) is 0 Å². The molecule has 9 heteroatoms. The monoisotopic (exact) mass is 540 g/mol.